The van der Waals surface area contributed by atoms with Crippen molar-refractivity contribution in [2.75, 3.05) is 19.0 Å². The molecule has 0 aliphatic carbocycles. The third-order valence-corrected chi connectivity index (χ3v) is 4.30. The van der Waals surface area contributed by atoms with Crippen LogP contribution in [0, 0.1) is 0 Å². The minimum Gasteiger partial charge on any atom is -0.497 e. The zero-order chi connectivity index (χ0) is 23.2. The zero-order valence-electron chi connectivity index (χ0n) is 16.4. The summed E-state index contributed by atoms with van der Waals surface area (Å²) in [6, 6.07) is 8.56. The van der Waals surface area contributed by atoms with Gasteiger partial charge in [0.05, 0.1) is 23.4 Å². The van der Waals surface area contributed by atoms with Gasteiger partial charge in [-0.15, -0.1) is 0 Å². The molecule has 2 rings (SSSR count). The van der Waals surface area contributed by atoms with Gasteiger partial charge >= 0.3 is 12.1 Å². The van der Waals surface area contributed by atoms with E-state index >= 15 is 0 Å². The summed E-state index contributed by atoms with van der Waals surface area (Å²) >= 11 is 5.82. The number of carbonyl (C=O) groups is 3. The minimum absolute atomic E-state index is 0.119. The van der Waals surface area contributed by atoms with Gasteiger partial charge in [-0.25, -0.2) is 0 Å². The summed E-state index contributed by atoms with van der Waals surface area (Å²) in [4.78, 5) is 36.1. The fraction of sp³-hybridized carbons (Fsp3) is 0.250. The molecular formula is C20H18ClF3N2O5. The van der Waals surface area contributed by atoms with Crippen LogP contribution in [0.15, 0.2) is 42.5 Å². The molecule has 1 unspecified atom stereocenters. The SMILES string of the molecule is COc1ccc(C(=O)NCC(=O)OC(C)C(=O)Nc2cc(C(F)(F)F)ccc2Cl)cc1. The lowest BCUT2D eigenvalue weighted by Crippen LogP contribution is -2.35. The Kier molecular flexibility index (Phi) is 7.87. The van der Waals surface area contributed by atoms with E-state index in [0.717, 1.165) is 12.1 Å². The molecule has 0 aromatic heterocycles. The summed E-state index contributed by atoms with van der Waals surface area (Å²) in [6.07, 6.45) is -5.97. The minimum atomic E-state index is -4.62. The van der Waals surface area contributed by atoms with E-state index in [4.69, 9.17) is 21.1 Å². The van der Waals surface area contributed by atoms with E-state index in [-0.39, 0.29) is 16.3 Å². The second-order valence-corrected chi connectivity index (χ2v) is 6.63. The number of halogens is 4. The van der Waals surface area contributed by atoms with Gasteiger partial charge < -0.3 is 20.1 Å². The summed E-state index contributed by atoms with van der Waals surface area (Å²) in [7, 11) is 1.48. The number of nitrogens with one attached hydrogen (secondary N) is 2. The Morgan fingerprint density at radius 2 is 1.74 bits per heavy atom. The Labute approximate surface area is 180 Å². The predicted octanol–water partition coefficient (Wildman–Crippen LogP) is 3.67. The number of benzene rings is 2. The van der Waals surface area contributed by atoms with E-state index in [1.54, 1.807) is 12.1 Å². The van der Waals surface area contributed by atoms with Gasteiger partial charge in [-0.3, -0.25) is 14.4 Å². The molecule has 0 aliphatic rings. The maximum absolute atomic E-state index is 12.8. The van der Waals surface area contributed by atoms with Crippen LogP contribution in [-0.2, 0) is 20.5 Å². The molecule has 0 heterocycles. The number of rotatable bonds is 7. The van der Waals surface area contributed by atoms with Crippen LogP contribution in [-0.4, -0.2) is 37.5 Å². The Morgan fingerprint density at radius 3 is 2.32 bits per heavy atom. The van der Waals surface area contributed by atoms with Crippen molar-refractivity contribution in [1.29, 1.82) is 0 Å². The molecule has 0 saturated carbocycles. The van der Waals surface area contributed by atoms with Crippen molar-refractivity contribution in [3.63, 3.8) is 0 Å². The maximum Gasteiger partial charge on any atom is 0.416 e. The molecule has 0 saturated heterocycles. The average molecular weight is 459 g/mol. The van der Waals surface area contributed by atoms with E-state index in [1.807, 2.05) is 0 Å². The van der Waals surface area contributed by atoms with E-state index in [2.05, 4.69) is 10.6 Å². The van der Waals surface area contributed by atoms with Gasteiger partial charge in [0, 0.05) is 5.56 Å². The third-order valence-electron chi connectivity index (χ3n) is 3.97. The van der Waals surface area contributed by atoms with Crippen molar-refractivity contribution >= 4 is 35.1 Å². The lowest BCUT2D eigenvalue weighted by atomic mass is 10.2. The Morgan fingerprint density at radius 1 is 1.10 bits per heavy atom. The Bertz CT molecular complexity index is 964. The van der Waals surface area contributed by atoms with E-state index in [0.29, 0.717) is 11.8 Å². The molecule has 0 fully saturated rings. The Hall–Kier alpha value is -3.27. The van der Waals surface area contributed by atoms with Gasteiger partial charge in [-0.05, 0) is 49.4 Å². The molecule has 1 atom stereocenters. The molecule has 2 aromatic rings. The topological polar surface area (TPSA) is 93.7 Å². The van der Waals surface area contributed by atoms with Crippen molar-refractivity contribution in [3.8, 4) is 5.75 Å². The number of anilines is 1. The first-order valence-electron chi connectivity index (χ1n) is 8.80. The molecule has 2 N–H and O–H groups in total. The van der Waals surface area contributed by atoms with Crippen LogP contribution >= 0.6 is 11.6 Å². The van der Waals surface area contributed by atoms with Crippen LogP contribution in [0.3, 0.4) is 0 Å². The molecule has 0 aliphatic heterocycles. The van der Waals surface area contributed by atoms with Gasteiger partial charge in [0.15, 0.2) is 6.10 Å². The van der Waals surface area contributed by atoms with Crippen LogP contribution in [0.4, 0.5) is 18.9 Å². The normalized spacial score (nSPS) is 11.9. The van der Waals surface area contributed by atoms with Gasteiger partial charge in [0.1, 0.15) is 12.3 Å². The molecule has 0 bridgehead atoms. The quantitative estimate of drug-likeness (QED) is 0.617. The van der Waals surface area contributed by atoms with E-state index in [1.165, 1.54) is 26.2 Å². The van der Waals surface area contributed by atoms with Gasteiger partial charge in [0.2, 0.25) is 0 Å². The first kappa shape index (κ1) is 24.0. The molecule has 7 nitrogen and oxygen atoms in total. The van der Waals surface area contributed by atoms with Crippen LogP contribution in [0.2, 0.25) is 5.02 Å². The summed E-state index contributed by atoms with van der Waals surface area (Å²) in [6.45, 7) is 0.701. The van der Waals surface area contributed by atoms with Crippen LogP contribution < -0.4 is 15.4 Å². The molecule has 166 valence electrons. The van der Waals surface area contributed by atoms with Crippen molar-refractivity contribution in [2.24, 2.45) is 0 Å². The molecule has 0 radical (unpaired) electrons. The average Bonchev–Trinajstić information content (AvgIpc) is 2.72. The second kappa shape index (κ2) is 10.2. The first-order valence-corrected chi connectivity index (χ1v) is 9.18. The second-order valence-electron chi connectivity index (χ2n) is 6.22. The smallest absolute Gasteiger partial charge is 0.416 e. The third kappa shape index (κ3) is 6.88. The van der Waals surface area contributed by atoms with E-state index in [9.17, 15) is 27.6 Å². The van der Waals surface area contributed by atoms with Gasteiger partial charge in [-0.2, -0.15) is 13.2 Å². The Balaban J connectivity index is 1.89. The number of hydrogen-bond acceptors (Lipinski definition) is 5. The molecule has 11 heteroatoms. The highest BCUT2D eigenvalue weighted by Crippen LogP contribution is 2.33. The zero-order valence-corrected chi connectivity index (χ0v) is 17.1. The van der Waals surface area contributed by atoms with Crippen LogP contribution in [0.25, 0.3) is 0 Å². The largest absolute Gasteiger partial charge is 0.497 e. The molecule has 2 amide bonds. The highest BCUT2D eigenvalue weighted by atomic mass is 35.5. The highest BCUT2D eigenvalue weighted by molar-refractivity contribution is 6.33. The molecule has 2 aromatic carbocycles. The highest BCUT2D eigenvalue weighted by Gasteiger charge is 2.31. The summed E-state index contributed by atoms with van der Waals surface area (Å²) in [5.74, 6) is -1.81. The fourth-order valence-electron chi connectivity index (χ4n) is 2.32. The monoisotopic (exact) mass is 458 g/mol. The number of ether oxygens (including phenoxy) is 2. The first-order chi connectivity index (χ1) is 14.5. The summed E-state index contributed by atoms with van der Waals surface area (Å²) in [5, 5.41) is 4.39. The summed E-state index contributed by atoms with van der Waals surface area (Å²) in [5.41, 5.74) is -1.01. The molecule has 0 spiro atoms. The number of alkyl halides is 3. The number of amides is 2. The number of hydrogen-bond donors (Lipinski definition) is 2. The molecular weight excluding hydrogens is 441 g/mol. The van der Waals surface area contributed by atoms with Gasteiger partial charge in [0.25, 0.3) is 11.8 Å². The lowest BCUT2D eigenvalue weighted by Gasteiger charge is -2.16. The van der Waals surface area contributed by atoms with E-state index < -0.39 is 42.2 Å². The maximum atomic E-state index is 12.8. The fourth-order valence-corrected chi connectivity index (χ4v) is 2.49. The van der Waals surface area contributed by atoms with Crippen molar-refractivity contribution in [3.05, 3.63) is 58.6 Å². The van der Waals surface area contributed by atoms with Crippen LogP contribution in [0.1, 0.15) is 22.8 Å². The standard InChI is InChI=1S/C20H18ClF3N2O5/c1-11(18(28)26-16-9-13(20(22,23)24)5-8-15(16)21)31-17(27)10-25-19(29)12-3-6-14(30-2)7-4-12/h3-9,11H,10H2,1-2H3,(H,25,29)(H,26,28). The van der Waals surface area contributed by atoms with Crippen LogP contribution in [0.5, 0.6) is 5.75 Å². The van der Waals surface area contributed by atoms with Gasteiger partial charge in [-0.1, -0.05) is 11.6 Å². The molecule has 31 heavy (non-hydrogen) atoms. The van der Waals surface area contributed by atoms with Crippen molar-refractivity contribution < 1.29 is 37.0 Å². The number of methoxy groups -OCH3 is 1. The lowest BCUT2D eigenvalue weighted by molar-refractivity contribution is -0.152. The number of esters is 1. The predicted molar refractivity (Wildman–Crippen MR) is 106 cm³/mol. The van der Waals surface area contributed by atoms with Crippen molar-refractivity contribution in [2.45, 2.75) is 19.2 Å². The number of carbonyl (C=O) groups excluding carboxylic acids is 3. The van der Waals surface area contributed by atoms with Crippen molar-refractivity contribution in [1.82, 2.24) is 5.32 Å². The summed E-state index contributed by atoms with van der Waals surface area (Å²) < 4.78 is 48.3.